The van der Waals surface area contributed by atoms with Gasteiger partial charge < -0.3 is 5.32 Å². The van der Waals surface area contributed by atoms with Crippen molar-refractivity contribution in [1.82, 2.24) is 10.3 Å². The van der Waals surface area contributed by atoms with Crippen LogP contribution >= 0.6 is 11.6 Å². The van der Waals surface area contributed by atoms with Crippen LogP contribution in [0.15, 0.2) is 42.6 Å². The Morgan fingerprint density at radius 1 is 1.33 bits per heavy atom. The number of pyridine rings is 1. The van der Waals surface area contributed by atoms with Crippen LogP contribution in [0.1, 0.15) is 28.9 Å². The van der Waals surface area contributed by atoms with Gasteiger partial charge in [-0.2, -0.15) is 0 Å². The molecule has 2 rings (SSSR count). The Kier molecular flexibility index (Phi) is 4.49. The number of carbonyl (C=O) groups is 1. The molecule has 6 nitrogen and oxygen atoms in total. The number of nitro groups is 1. The van der Waals surface area contributed by atoms with Gasteiger partial charge in [0.15, 0.2) is 0 Å². The van der Waals surface area contributed by atoms with Gasteiger partial charge in [0.25, 0.3) is 5.91 Å². The zero-order valence-corrected chi connectivity index (χ0v) is 11.9. The molecule has 0 saturated heterocycles. The van der Waals surface area contributed by atoms with Crippen LogP contribution in [0.4, 0.5) is 5.69 Å². The fraction of sp³-hybridized carbons (Fsp3) is 0.143. The molecular weight excluding hydrogens is 294 g/mol. The highest BCUT2D eigenvalue weighted by molar-refractivity contribution is 6.32. The van der Waals surface area contributed by atoms with Gasteiger partial charge in [-0.15, -0.1) is 0 Å². The van der Waals surface area contributed by atoms with E-state index in [0.717, 1.165) is 5.56 Å². The molecule has 0 radical (unpaired) electrons. The zero-order valence-electron chi connectivity index (χ0n) is 11.1. The van der Waals surface area contributed by atoms with Crippen molar-refractivity contribution in [3.63, 3.8) is 0 Å². The highest BCUT2D eigenvalue weighted by Gasteiger charge is 2.25. The maximum absolute atomic E-state index is 12.2. The van der Waals surface area contributed by atoms with E-state index in [1.807, 2.05) is 30.3 Å². The molecule has 1 heterocycles. The fourth-order valence-corrected chi connectivity index (χ4v) is 2.11. The van der Waals surface area contributed by atoms with Crippen molar-refractivity contribution in [3.8, 4) is 0 Å². The van der Waals surface area contributed by atoms with Crippen molar-refractivity contribution in [2.24, 2.45) is 0 Å². The predicted molar refractivity (Wildman–Crippen MR) is 78.2 cm³/mol. The third-order valence-electron chi connectivity index (χ3n) is 2.95. The van der Waals surface area contributed by atoms with E-state index in [0.29, 0.717) is 0 Å². The quantitative estimate of drug-likeness (QED) is 0.534. The molecule has 0 unspecified atom stereocenters. The summed E-state index contributed by atoms with van der Waals surface area (Å²) in [6, 6.07) is 10.3. The molecule has 0 saturated carbocycles. The van der Waals surface area contributed by atoms with Gasteiger partial charge in [0.05, 0.1) is 11.0 Å². The molecule has 1 aromatic carbocycles. The maximum atomic E-state index is 12.2. The van der Waals surface area contributed by atoms with Gasteiger partial charge in [0, 0.05) is 6.20 Å². The van der Waals surface area contributed by atoms with Crippen molar-refractivity contribution in [2.45, 2.75) is 13.0 Å². The summed E-state index contributed by atoms with van der Waals surface area (Å²) in [6.45, 7) is 1.79. The van der Waals surface area contributed by atoms with Gasteiger partial charge in [-0.25, -0.2) is 4.98 Å². The summed E-state index contributed by atoms with van der Waals surface area (Å²) in [5.41, 5.74) is 0.299. The molecule has 1 aromatic heterocycles. The molecule has 0 bridgehead atoms. The zero-order chi connectivity index (χ0) is 15.4. The molecule has 7 heteroatoms. The largest absolute Gasteiger partial charge is 0.345 e. The lowest BCUT2D eigenvalue weighted by Crippen LogP contribution is -2.27. The Bertz CT molecular complexity index is 676. The first-order valence-corrected chi connectivity index (χ1v) is 6.53. The van der Waals surface area contributed by atoms with Crippen LogP contribution in [0, 0.1) is 10.1 Å². The van der Waals surface area contributed by atoms with Gasteiger partial charge in [-0.1, -0.05) is 41.9 Å². The average molecular weight is 306 g/mol. The lowest BCUT2D eigenvalue weighted by molar-refractivity contribution is -0.385. The number of aromatic nitrogens is 1. The molecule has 0 spiro atoms. The van der Waals surface area contributed by atoms with E-state index >= 15 is 0 Å². The molecule has 2 aromatic rings. The second-order valence-corrected chi connectivity index (χ2v) is 4.72. The van der Waals surface area contributed by atoms with Gasteiger partial charge >= 0.3 is 5.69 Å². The monoisotopic (exact) mass is 305 g/mol. The van der Waals surface area contributed by atoms with E-state index in [1.54, 1.807) is 6.92 Å². The second kappa shape index (κ2) is 6.32. The Hall–Kier alpha value is -2.47. The standard InChI is InChI=1S/C14H12ClN3O3/c1-9(10-5-3-2-4-6-10)17-14(19)11-7-8-16-13(15)12(11)18(20)21/h2-9H,1H3,(H,17,19)/t9-/m1/s1. The minimum absolute atomic E-state index is 0.109. The van der Waals surface area contributed by atoms with Crippen LogP contribution in [0.5, 0.6) is 0 Å². The van der Waals surface area contributed by atoms with Crippen LogP contribution in [0.3, 0.4) is 0 Å². The highest BCUT2D eigenvalue weighted by Crippen LogP contribution is 2.26. The smallest absolute Gasteiger partial charge is 0.319 e. The predicted octanol–water partition coefficient (Wildman–Crippen LogP) is 3.13. The van der Waals surface area contributed by atoms with Crippen LogP contribution in [0.2, 0.25) is 5.15 Å². The number of rotatable bonds is 4. The third-order valence-corrected chi connectivity index (χ3v) is 3.23. The SMILES string of the molecule is C[C@@H](NC(=O)c1ccnc(Cl)c1[N+](=O)[O-])c1ccccc1. The first-order valence-electron chi connectivity index (χ1n) is 6.15. The summed E-state index contributed by atoms with van der Waals surface area (Å²) in [4.78, 5) is 26.1. The summed E-state index contributed by atoms with van der Waals surface area (Å²) in [7, 11) is 0. The number of halogens is 1. The van der Waals surface area contributed by atoms with E-state index in [4.69, 9.17) is 11.6 Å². The molecular formula is C14H12ClN3O3. The molecule has 0 aliphatic rings. The summed E-state index contributed by atoms with van der Waals surface area (Å²) in [5, 5.41) is 13.4. The van der Waals surface area contributed by atoms with Crippen molar-refractivity contribution in [3.05, 3.63) is 69.0 Å². The van der Waals surface area contributed by atoms with E-state index in [2.05, 4.69) is 10.3 Å². The summed E-state index contributed by atoms with van der Waals surface area (Å²) < 4.78 is 0. The van der Waals surface area contributed by atoms with E-state index in [9.17, 15) is 14.9 Å². The van der Waals surface area contributed by atoms with Crippen molar-refractivity contribution >= 4 is 23.2 Å². The number of nitrogens with one attached hydrogen (secondary N) is 1. The van der Waals surface area contributed by atoms with Crippen LogP contribution in [-0.4, -0.2) is 15.8 Å². The number of hydrogen-bond donors (Lipinski definition) is 1. The Morgan fingerprint density at radius 3 is 2.62 bits per heavy atom. The lowest BCUT2D eigenvalue weighted by Gasteiger charge is -2.14. The number of hydrogen-bond acceptors (Lipinski definition) is 4. The van der Waals surface area contributed by atoms with Gasteiger partial charge in [0.1, 0.15) is 5.56 Å². The highest BCUT2D eigenvalue weighted by atomic mass is 35.5. The molecule has 21 heavy (non-hydrogen) atoms. The lowest BCUT2D eigenvalue weighted by atomic mass is 10.1. The third kappa shape index (κ3) is 3.35. The normalized spacial score (nSPS) is 11.7. The Balaban J connectivity index is 2.26. The average Bonchev–Trinajstić information content (AvgIpc) is 2.47. The fourth-order valence-electron chi connectivity index (χ4n) is 1.88. The van der Waals surface area contributed by atoms with Crippen LogP contribution in [-0.2, 0) is 0 Å². The summed E-state index contributed by atoms with van der Waals surface area (Å²) >= 11 is 5.69. The van der Waals surface area contributed by atoms with Gasteiger partial charge in [0.2, 0.25) is 5.15 Å². The van der Waals surface area contributed by atoms with Gasteiger partial charge in [-0.05, 0) is 18.6 Å². The van der Waals surface area contributed by atoms with Crippen LogP contribution < -0.4 is 5.32 Å². The summed E-state index contributed by atoms with van der Waals surface area (Å²) in [6.07, 6.45) is 1.26. The van der Waals surface area contributed by atoms with Crippen molar-refractivity contribution in [1.29, 1.82) is 0 Å². The second-order valence-electron chi connectivity index (χ2n) is 4.36. The van der Waals surface area contributed by atoms with E-state index in [1.165, 1.54) is 12.3 Å². The Labute approximate surface area is 125 Å². The first kappa shape index (κ1) is 14.9. The number of amides is 1. The topological polar surface area (TPSA) is 85.1 Å². The molecule has 1 N–H and O–H groups in total. The number of carbonyl (C=O) groups excluding carboxylic acids is 1. The maximum Gasteiger partial charge on any atom is 0.319 e. The molecule has 0 fully saturated rings. The molecule has 108 valence electrons. The van der Waals surface area contributed by atoms with Crippen molar-refractivity contribution < 1.29 is 9.72 Å². The molecule has 0 aliphatic carbocycles. The minimum Gasteiger partial charge on any atom is -0.345 e. The molecule has 1 atom stereocenters. The summed E-state index contributed by atoms with van der Waals surface area (Å²) in [5.74, 6) is -0.567. The van der Waals surface area contributed by atoms with Gasteiger partial charge in [-0.3, -0.25) is 14.9 Å². The Morgan fingerprint density at radius 2 is 2.00 bits per heavy atom. The molecule has 0 aliphatic heterocycles. The minimum atomic E-state index is -0.711. The van der Waals surface area contributed by atoms with E-state index < -0.39 is 16.5 Å². The number of nitrogens with zero attached hydrogens (tertiary/aromatic N) is 2. The van der Waals surface area contributed by atoms with Crippen LogP contribution in [0.25, 0.3) is 0 Å². The number of benzene rings is 1. The van der Waals surface area contributed by atoms with Crippen molar-refractivity contribution in [2.75, 3.05) is 0 Å². The first-order chi connectivity index (χ1) is 10.0. The van der Waals surface area contributed by atoms with E-state index in [-0.39, 0.29) is 16.8 Å². The molecule has 1 amide bonds.